The zero-order chi connectivity index (χ0) is 15.8. The highest BCUT2D eigenvalue weighted by Gasteiger charge is 2.15. The monoisotopic (exact) mass is 321 g/mol. The maximum absolute atomic E-state index is 5.33. The highest BCUT2D eigenvalue weighted by molar-refractivity contribution is 7.80. The van der Waals surface area contributed by atoms with Gasteiger partial charge in [-0.05, 0) is 62.6 Å². The Labute approximate surface area is 139 Å². The van der Waals surface area contributed by atoms with E-state index in [9.17, 15) is 0 Å². The molecule has 0 amide bonds. The van der Waals surface area contributed by atoms with Crippen molar-refractivity contribution in [2.45, 2.75) is 26.2 Å². The summed E-state index contributed by atoms with van der Waals surface area (Å²) >= 11 is 5.33. The first-order valence-electron chi connectivity index (χ1n) is 8.08. The Morgan fingerprint density at radius 3 is 3.09 bits per heavy atom. The first-order valence-corrected chi connectivity index (χ1v) is 8.49. The second-order valence-corrected chi connectivity index (χ2v) is 6.42. The molecule has 0 spiro atoms. The summed E-state index contributed by atoms with van der Waals surface area (Å²) in [5, 5.41) is 7.13. The van der Waals surface area contributed by atoms with Gasteiger partial charge in [0.2, 0.25) is 0 Å². The van der Waals surface area contributed by atoms with Crippen molar-refractivity contribution in [1.29, 1.82) is 0 Å². The van der Waals surface area contributed by atoms with E-state index in [1.807, 2.05) is 24.3 Å². The fraction of sp³-hybridized carbons (Fsp3) is 0.588. The van der Waals surface area contributed by atoms with E-state index in [0.717, 1.165) is 36.9 Å². The molecule has 2 N–H and O–H groups in total. The van der Waals surface area contributed by atoms with E-state index in [-0.39, 0.29) is 0 Å². The second-order valence-electron chi connectivity index (χ2n) is 6.01. The summed E-state index contributed by atoms with van der Waals surface area (Å²) in [6.45, 7) is 6.89. The molecule has 0 radical (unpaired) electrons. The molecular formula is C17H27N3OS. The zero-order valence-corrected chi connectivity index (χ0v) is 14.4. The topological polar surface area (TPSA) is 36.5 Å². The minimum atomic E-state index is 0.667. The summed E-state index contributed by atoms with van der Waals surface area (Å²) in [6.07, 6.45) is 3.83. The quantitative estimate of drug-likeness (QED) is 0.622. The molecule has 0 aliphatic carbocycles. The second kappa shape index (κ2) is 8.96. The van der Waals surface area contributed by atoms with Crippen LogP contribution in [0.25, 0.3) is 0 Å². The fourth-order valence-corrected chi connectivity index (χ4v) is 3.09. The van der Waals surface area contributed by atoms with Crippen LogP contribution < -0.4 is 15.4 Å². The summed E-state index contributed by atoms with van der Waals surface area (Å²) in [7, 11) is 1.66. The minimum Gasteiger partial charge on any atom is -0.497 e. The van der Waals surface area contributed by atoms with Crippen LogP contribution in [0.3, 0.4) is 0 Å². The summed E-state index contributed by atoms with van der Waals surface area (Å²) in [6, 6.07) is 7.78. The van der Waals surface area contributed by atoms with Gasteiger partial charge in [-0.3, -0.25) is 0 Å². The summed E-state index contributed by atoms with van der Waals surface area (Å²) < 4.78 is 5.20. The minimum absolute atomic E-state index is 0.667. The van der Waals surface area contributed by atoms with Crippen molar-refractivity contribution < 1.29 is 4.74 Å². The van der Waals surface area contributed by atoms with E-state index in [1.165, 1.54) is 25.9 Å². The van der Waals surface area contributed by atoms with Crippen LogP contribution >= 0.6 is 12.2 Å². The molecule has 1 aromatic carbocycles. The van der Waals surface area contributed by atoms with Gasteiger partial charge in [-0.1, -0.05) is 13.0 Å². The third kappa shape index (κ3) is 5.81. The van der Waals surface area contributed by atoms with Gasteiger partial charge in [-0.2, -0.15) is 0 Å². The Balaban J connectivity index is 1.63. The first-order chi connectivity index (χ1) is 10.7. The van der Waals surface area contributed by atoms with E-state index in [2.05, 4.69) is 22.5 Å². The molecule has 22 heavy (non-hydrogen) atoms. The molecule has 1 fully saturated rings. The molecule has 1 saturated heterocycles. The Hall–Kier alpha value is -1.33. The van der Waals surface area contributed by atoms with Crippen molar-refractivity contribution in [3.63, 3.8) is 0 Å². The number of piperidine rings is 1. The van der Waals surface area contributed by atoms with Crippen LogP contribution in [-0.2, 0) is 0 Å². The molecular weight excluding hydrogens is 294 g/mol. The van der Waals surface area contributed by atoms with Gasteiger partial charge in [-0.15, -0.1) is 0 Å². The Morgan fingerprint density at radius 1 is 1.45 bits per heavy atom. The van der Waals surface area contributed by atoms with Crippen molar-refractivity contribution in [3.8, 4) is 5.75 Å². The predicted molar refractivity (Wildman–Crippen MR) is 96.7 cm³/mol. The lowest BCUT2D eigenvalue weighted by molar-refractivity contribution is 0.182. The van der Waals surface area contributed by atoms with Gasteiger partial charge in [-0.25, -0.2) is 0 Å². The Morgan fingerprint density at radius 2 is 2.32 bits per heavy atom. The zero-order valence-electron chi connectivity index (χ0n) is 13.6. The highest BCUT2D eigenvalue weighted by atomic mass is 32.1. The third-order valence-corrected chi connectivity index (χ3v) is 4.25. The van der Waals surface area contributed by atoms with Crippen molar-refractivity contribution in [2.75, 3.05) is 38.6 Å². The summed E-state index contributed by atoms with van der Waals surface area (Å²) in [5.74, 6) is 1.67. The molecule has 122 valence electrons. The maximum Gasteiger partial charge on any atom is 0.170 e. The average Bonchev–Trinajstić information content (AvgIpc) is 2.52. The maximum atomic E-state index is 5.33. The number of hydrogen-bond acceptors (Lipinski definition) is 3. The van der Waals surface area contributed by atoms with Crippen molar-refractivity contribution in [1.82, 2.24) is 10.2 Å². The number of thiocarbonyl (C=S) groups is 1. The molecule has 4 nitrogen and oxygen atoms in total. The number of ether oxygens (including phenoxy) is 1. The van der Waals surface area contributed by atoms with Gasteiger partial charge in [0.1, 0.15) is 5.75 Å². The molecule has 1 atom stereocenters. The number of anilines is 1. The van der Waals surface area contributed by atoms with Crippen LogP contribution in [0.4, 0.5) is 5.69 Å². The smallest absolute Gasteiger partial charge is 0.170 e. The molecule has 2 rings (SSSR count). The Kier molecular flexibility index (Phi) is 6.93. The Bertz CT molecular complexity index is 481. The molecule has 0 aromatic heterocycles. The fourth-order valence-electron chi connectivity index (χ4n) is 2.87. The third-order valence-electron chi connectivity index (χ3n) is 4.01. The van der Waals surface area contributed by atoms with Gasteiger partial charge in [0.15, 0.2) is 5.11 Å². The number of methoxy groups -OCH3 is 1. The van der Waals surface area contributed by atoms with Gasteiger partial charge in [0, 0.05) is 24.8 Å². The average molecular weight is 321 g/mol. The largest absolute Gasteiger partial charge is 0.497 e. The van der Waals surface area contributed by atoms with E-state index < -0.39 is 0 Å². The lowest BCUT2D eigenvalue weighted by atomic mass is 10.0. The molecule has 1 unspecified atom stereocenters. The SMILES string of the molecule is COc1cccc(NC(=S)NCCCN2CCCC(C)C2)c1. The van der Waals surface area contributed by atoms with Gasteiger partial charge in [0.25, 0.3) is 0 Å². The van der Waals surface area contributed by atoms with Crippen molar-refractivity contribution >= 4 is 23.0 Å². The van der Waals surface area contributed by atoms with Gasteiger partial charge >= 0.3 is 0 Å². The summed E-state index contributed by atoms with van der Waals surface area (Å²) in [5.41, 5.74) is 0.946. The molecule has 1 aromatic rings. The predicted octanol–water partition coefficient (Wildman–Crippen LogP) is 3.10. The van der Waals surface area contributed by atoms with E-state index in [4.69, 9.17) is 17.0 Å². The van der Waals surface area contributed by atoms with Crippen LogP contribution in [0.5, 0.6) is 5.75 Å². The van der Waals surface area contributed by atoms with Crippen LogP contribution in [0, 0.1) is 5.92 Å². The van der Waals surface area contributed by atoms with Crippen LogP contribution in [-0.4, -0.2) is 43.3 Å². The van der Waals surface area contributed by atoms with Crippen molar-refractivity contribution in [2.24, 2.45) is 5.92 Å². The van der Waals surface area contributed by atoms with Gasteiger partial charge in [0.05, 0.1) is 7.11 Å². The lowest BCUT2D eigenvalue weighted by Gasteiger charge is -2.30. The van der Waals surface area contributed by atoms with E-state index >= 15 is 0 Å². The molecule has 0 bridgehead atoms. The number of nitrogens with zero attached hydrogens (tertiary/aromatic N) is 1. The molecule has 1 aliphatic rings. The lowest BCUT2D eigenvalue weighted by Crippen LogP contribution is -2.37. The van der Waals surface area contributed by atoms with Crippen LogP contribution in [0.2, 0.25) is 0 Å². The van der Waals surface area contributed by atoms with Crippen LogP contribution in [0.15, 0.2) is 24.3 Å². The first kappa shape index (κ1) is 17.0. The van der Waals surface area contributed by atoms with Crippen molar-refractivity contribution in [3.05, 3.63) is 24.3 Å². The number of likely N-dealkylation sites (tertiary alicyclic amines) is 1. The highest BCUT2D eigenvalue weighted by Crippen LogP contribution is 2.17. The van der Waals surface area contributed by atoms with E-state index in [1.54, 1.807) is 7.11 Å². The molecule has 1 aliphatic heterocycles. The molecule has 1 heterocycles. The standard InChI is InChI=1S/C17H27N3OS/c1-14-6-4-10-20(13-14)11-5-9-18-17(22)19-15-7-3-8-16(12-15)21-2/h3,7-8,12,14H,4-6,9-11,13H2,1-2H3,(H2,18,19,22). The van der Waals surface area contributed by atoms with Crippen LogP contribution in [0.1, 0.15) is 26.2 Å². The molecule has 5 heteroatoms. The number of rotatable bonds is 6. The molecule has 0 saturated carbocycles. The number of nitrogens with one attached hydrogen (secondary N) is 2. The van der Waals surface area contributed by atoms with E-state index in [0.29, 0.717) is 5.11 Å². The van der Waals surface area contributed by atoms with Gasteiger partial charge < -0.3 is 20.3 Å². The normalized spacial score (nSPS) is 18.7. The number of benzene rings is 1. The number of hydrogen-bond donors (Lipinski definition) is 2. The summed E-state index contributed by atoms with van der Waals surface area (Å²) in [4.78, 5) is 2.56.